The summed E-state index contributed by atoms with van der Waals surface area (Å²) in [5.41, 5.74) is -1.40. The van der Waals surface area contributed by atoms with Crippen LogP contribution >= 0.6 is 0 Å². The lowest BCUT2D eigenvalue weighted by atomic mass is 9.67. The molecule has 1 unspecified atom stereocenters. The minimum atomic E-state index is -1.40. The summed E-state index contributed by atoms with van der Waals surface area (Å²) in [6.07, 6.45) is 4.73. The number of carbonyl (C=O) groups excluding carboxylic acids is 2. The van der Waals surface area contributed by atoms with Crippen LogP contribution in [-0.4, -0.2) is 35.0 Å². The van der Waals surface area contributed by atoms with Gasteiger partial charge < -0.3 is 15.7 Å². The molecule has 0 aromatic rings. The zero-order valence-electron chi connectivity index (χ0n) is 13.4. The number of rotatable bonds is 7. The molecule has 1 aliphatic rings. The molecule has 3 N–H and O–H groups in total. The van der Waals surface area contributed by atoms with Crippen LogP contribution in [0.25, 0.3) is 0 Å². The molecular formula is C16H26N2O4. The van der Waals surface area contributed by atoms with Gasteiger partial charge in [-0.1, -0.05) is 19.4 Å². The number of nitrogens with one attached hydrogen (secondary N) is 2. The molecule has 0 saturated heterocycles. The van der Waals surface area contributed by atoms with Gasteiger partial charge in [-0.2, -0.15) is 0 Å². The Balaban J connectivity index is 3.11. The number of unbranched alkanes of at least 4 members (excludes halogenated alkanes) is 1. The van der Waals surface area contributed by atoms with Crippen molar-refractivity contribution >= 4 is 17.8 Å². The zero-order valence-corrected chi connectivity index (χ0v) is 13.4. The van der Waals surface area contributed by atoms with Crippen molar-refractivity contribution in [2.45, 2.75) is 51.5 Å². The van der Waals surface area contributed by atoms with E-state index in [2.05, 4.69) is 17.2 Å². The molecule has 6 nitrogen and oxygen atoms in total. The largest absolute Gasteiger partial charge is 0.481 e. The molecule has 1 fully saturated rings. The van der Waals surface area contributed by atoms with Crippen molar-refractivity contribution < 1.29 is 19.5 Å². The molecule has 0 aliphatic heterocycles. The van der Waals surface area contributed by atoms with Crippen LogP contribution in [0.1, 0.15) is 46.0 Å². The van der Waals surface area contributed by atoms with Gasteiger partial charge in [-0.25, -0.2) is 0 Å². The van der Waals surface area contributed by atoms with Crippen molar-refractivity contribution in [1.82, 2.24) is 10.6 Å². The molecule has 6 heteroatoms. The van der Waals surface area contributed by atoms with Gasteiger partial charge in [0.25, 0.3) is 0 Å². The van der Waals surface area contributed by atoms with Crippen LogP contribution in [-0.2, 0) is 14.4 Å². The molecule has 1 rings (SSSR count). The maximum absolute atomic E-state index is 12.7. The molecule has 1 saturated carbocycles. The van der Waals surface area contributed by atoms with Gasteiger partial charge in [-0.15, -0.1) is 6.58 Å². The van der Waals surface area contributed by atoms with Crippen molar-refractivity contribution in [3.05, 3.63) is 12.7 Å². The van der Waals surface area contributed by atoms with Gasteiger partial charge in [0.15, 0.2) is 0 Å². The van der Waals surface area contributed by atoms with E-state index in [0.29, 0.717) is 19.4 Å². The van der Waals surface area contributed by atoms with E-state index in [9.17, 15) is 19.5 Å². The first-order valence-corrected chi connectivity index (χ1v) is 7.79. The van der Waals surface area contributed by atoms with Crippen molar-refractivity contribution in [2.24, 2.45) is 11.8 Å². The number of carboxylic acid groups (broad SMARTS) is 1. The lowest BCUT2D eigenvalue weighted by molar-refractivity contribution is -0.153. The molecule has 22 heavy (non-hydrogen) atoms. The molecule has 124 valence electrons. The summed E-state index contributed by atoms with van der Waals surface area (Å²) < 4.78 is 0. The van der Waals surface area contributed by atoms with Crippen molar-refractivity contribution in [3.8, 4) is 0 Å². The number of hydrogen-bond acceptors (Lipinski definition) is 3. The van der Waals surface area contributed by atoms with E-state index in [4.69, 9.17) is 0 Å². The topological polar surface area (TPSA) is 95.5 Å². The third kappa shape index (κ3) is 4.08. The lowest BCUT2D eigenvalue weighted by Crippen LogP contribution is -2.66. The van der Waals surface area contributed by atoms with Crippen LogP contribution in [0.5, 0.6) is 0 Å². The maximum Gasteiger partial charge on any atom is 0.309 e. The molecule has 0 heterocycles. The molecule has 3 atom stereocenters. The predicted octanol–water partition coefficient (Wildman–Crippen LogP) is 1.46. The molecule has 2 amide bonds. The minimum Gasteiger partial charge on any atom is -0.481 e. The summed E-state index contributed by atoms with van der Waals surface area (Å²) in [5.74, 6) is -2.77. The quantitative estimate of drug-likeness (QED) is 0.490. The predicted molar refractivity (Wildman–Crippen MR) is 83.1 cm³/mol. The summed E-state index contributed by atoms with van der Waals surface area (Å²) in [5, 5.41) is 14.9. The summed E-state index contributed by atoms with van der Waals surface area (Å²) >= 11 is 0. The van der Waals surface area contributed by atoms with Gasteiger partial charge in [0.2, 0.25) is 11.8 Å². The fraction of sp³-hybridized carbons (Fsp3) is 0.688. The first kappa shape index (κ1) is 18.2. The fourth-order valence-corrected chi connectivity index (χ4v) is 3.12. The number of hydrogen-bond donors (Lipinski definition) is 3. The molecule has 0 aromatic carbocycles. The molecule has 0 spiro atoms. The van der Waals surface area contributed by atoms with E-state index in [1.165, 1.54) is 6.92 Å². The Morgan fingerprint density at radius 1 is 1.36 bits per heavy atom. The van der Waals surface area contributed by atoms with Crippen molar-refractivity contribution in [1.29, 1.82) is 0 Å². The molecule has 0 aromatic heterocycles. The van der Waals surface area contributed by atoms with Gasteiger partial charge in [-0.05, 0) is 31.6 Å². The van der Waals surface area contributed by atoms with E-state index in [-0.39, 0.29) is 12.3 Å². The molecule has 0 bridgehead atoms. The van der Waals surface area contributed by atoms with Gasteiger partial charge in [0.05, 0.1) is 5.92 Å². The zero-order chi connectivity index (χ0) is 16.8. The summed E-state index contributed by atoms with van der Waals surface area (Å²) in [6.45, 7) is 7.52. The van der Waals surface area contributed by atoms with Crippen LogP contribution in [0.2, 0.25) is 0 Å². The minimum absolute atomic E-state index is 0.0133. The van der Waals surface area contributed by atoms with Crippen LogP contribution in [0.15, 0.2) is 12.7 Å². The number of allylic oxidation sites excluding steroid dienone is 1. The van der Waals surface area contributed by atoms with E-state index in [1.54, 1.807) is 6.08 Å². The smallest absolute Gasteiger partial charge is 0.309 e. The van der Waals surface area contributed by atoms with Crippen LogP contribution in [0.3, 0.4) is 0 Å². The Morgan fingerprint density at radius 3 is 2.55 bits per heavy atom. The monoisotopic (exact) mass is 310 g/mol. The van der Waals surface area contributed by atoms with Crippen molar-refractivity contribution in [2.75, 3.05) is 6.54 Å². The van der Waals surface area contributed by atoms with Gasteiger partial charge in [-0.3, -0.25) is 14.4 Å². The second-order valence-electron chi connectivity index (χ2n) is 5.93. The van der Waals surface area contributed by atoms with Gasteiger partial charge in [0, 0.05) is 13.5 Å². The Kier molecular flexibility index (Phi) is 6.59. The van der Waals surface area contributed by atoms with E-state index in [1.807, 2.05) is 6.92 Å². The highest BCUT2D eigenvalue weighted by molar-refractivity contribution is 5.95. The van der Waals surface area contributed by atoms with E-state index >= 15 is 0 Å². The maximum atomic E-state index is 12.7. The lowest BCUT2D eigenvalue weighted by Gasteiger charge is -2.43. The summed E-state index contributed by atoms with van der Waals surface area (Å²) in [6, 6.07) is 0. The number of carbonyl (C=O) groups is 3. The molecule has 1 aliphatic carbocycles. The Hall–Kier alpha value is -1.85. The summed E-state index contributed by atoms with van der Waals surface area (Å²) in [7, 11) is 0. The third-order valence-electron chi connectivity index (χ3n) is 4.26. The fourth-order valence-electron chi connectivity index (χ4n) is 3.12. The van der Waals surface area contributed by atoms with Crippen molar-refractivity contribution in [3.63, 3.8) is 0 Å². The number of carboxylic acids is 1. The summed E-state index contributed by atoms with van der Waals surface area (Å²) in [4.78, 5) is 35.9. The first-order chi connectivity index (χ1) is 10.4. The number of aliphatic carboxylic acids is 1. The normalized spacial score (nSPS) is 27.7. The molecule has 0 radical (unpaired) electrons. The van der Waals surface area contributed by atoms with Crippen LogP contribution < -0.4 is 10.6 Å². The van der Waals surface area contributed by atoms with Crippen LogP contribution in [0.4, 0.5) is 0 Å². The third-order valence-corrected chi connectivity index (χ3v) is 4.26. The van der Waals surface area contributed by atoms with Crippen LogP contribution in [0, 0.1) is 11.8 Å². The second-order valence-corrected chi connectivity index (χ2v) is 5.93. The highest BCUT2D eigenvalue weighted by Gasteiger charge is 2.53. The van der Waals surface area contributed by atoms with E-state index in [0.717, 1.165) is 12.8 Å². The van der Waals surface area contributed by atoms with E-state index < -0.39 is 29.2 Å². The Bertz CT molecular complexity index is 449. The number of amides is 2. The highest BCUT2D eigenvalue weighted by atomic mass is 16.4. The Labute approximate surface area is 131 Å². The van der Waals surface area contributed by atoms with Gasteiger partial charge >= 0.3 is 5.97 Å². The standard InChI is InChI=1S/C16H26N2O4/c1-4-6-9-17-15(22)16(18-11(3)19)10-12(5-2)7-8-13(16)14(20)21/h5,12-13H,2,4,6-10H2,1,3H3,(H,17,22)(H,18,19)(H,20,21)/t12-,13?,16-/m1/s1. The Morgan fingerprint density at radius 2 is 2.05 bits per heavy atom. The second kappa shape index (κ2) is 7.96. The first-order valence-electron chi connectivity index (χ1n) is 7.79. The molecular weight excluding hydrogens is 284 g/mol. The average molecular weight is 310 g/mol. The SMILES string of the molecule is C=C[C@@H]1CCC(C(=O)O)[C@@](NC(C)=O)(C(=O)NCCCC)C1. The average Bonchev–Trinajstić information content (AvgIpc) is 2.46. The van der Waals surface area contributed by atoms with Gasteiger partial charge in [0.1, 0.15) is 5.54 Å². The highest BCUT2D eigenvalue weighted by Crippen LogP contribution is 2.38.